The van der Waals surface area contributed by atoms with E-state index in [1.807, 2.05) is 17.8 Å². The molecule has 2 rings (SSSR count). The highest BCUT2D eigenvalue weighted by Gasteiger charge is 2.29. The van der Waals surface area contributed by atoms with Gasteiger partial charge in [0.25, 0.3) is 0 Å². The Morgan fingerprint density at radius 3 is 2.93 bits per heavy atom. The van der Waals surface area contributed by atoms with E-state index in [0.29, 0.717) is 11.5 Å². The molecule has 0 aromatic carbocycles. The van der Waals surface area contributed by atoms with Gasteiger partial charge in [-0.25, -0.2) is 13.4 Å². The number of hydrogen-bond donors (Lipinski definition) is 0. The van der Waals surface area contributed by atoms with Crippen molar-refractivity contribution >= 4 is 21.6 Å². The van der Waals surface area contributed by atoms with Crippen molar-refractivity contribution < 1.29 is 8.42 Å². The molecule has 14 heavy (non-hydrogen) atoms. The fraction of sp³-hybridized carbons (Fsp3) is 0.625. The third-order valence-electron chi connectivity index (χ3n) is 2.24. The highest BCUT2D eigenvalue weighted by Crippen LogP contribution is 2.29. The minimum atomic E-state index is -2.77. The van der Waals surface area contributed by atoms with Gasteiger partial charge in [-0.3, -0.25) is 0 Å². The third kappa shape index (κ3) is 2.12. The van der Waals surface area contributed by atoms with Gasteiger partial charge in [0.05, 0.1) is 11.5 Å². The van der Waals surface area contributed by atoms with Crippen LogP contribution in [0.3, 0.4) is 0 Å². The van der Waals surface area contributed by atoms with Crippen molar-refractivity contribution in [2.24, 2.45) is 7.05 Å². The fourth-order valence-electron chi connectivity index (χ4n) is 1.47. The summed E-state index contributed by atoms with van der Waals surface area (Å²) >= 11 is 1.56. The molecule has 4 nitrogen and oxygen atoms in total. The second-order valence-electron chi connectivity index (χ2n) is 3.46. The van der Waals surface area contributed by atoms with E-state index in [1.54, 1.807) is 18.0 Å². The largest absolute Gasteiger partial charge is 0.329 e. The van der Waals surface area contributed by atoms with E-state index in [9.17, 15) is 8.42 Å². The van der Waals surface area contributed by atoms with Gasteiger partial charge in [-0.05, 0) is 6.42 Å². The lowest BCUT2D eigenvalue weighted by Crippen LogP contribution is -2.07. The Bertz CT molecular complexity index is 424. The van der Waals surface area contributed by atoms with Crippen molar-refractivity contribution in [1.29, 1.82) is 0 Å². The molecule has 6 heteroatoms. The maximum absolute atomic E-state index is 11.2. The normalized spacial score (nSPS) is 25.4. The first-order chi connectivity index (χ1) is 6.57. The molecule has 0 spiro atoms. The van der Waals surface area contributed by atoms with E-state index in [1.165, 1.54) is 0 Å². The summed E-state index contributed by atoms with van der Waals surface area (Å²) in [7, 11) is -0.854. The topological polar surface area (TPSA) is 52.0 Å². The maximum atomic E-state index is 11.2. The Labute approximate surface area is 87.6 Å². The first kappa shape index (κ1) is 10.0. The number of sulfone groups is 1. The van der Waals surface area contributed by atoms with Crippen LogP contribution in [0, 0.1) is 0 Å². The first-order valence-electron chi connectivity index (χ1n) is 4.41. The number of aromatic nitrogens is 2. The molecule has 1 aliphatic rings. The average molecular weight is 232 g/mol. The zero-order valence-corrected chi connectivity index (χ0v) is 9.51. The summed E-state index contributed by atoms with van der Waals surface area (Å²) in [6, 6.07) is 0. The molecule has 0 bridgehead atoms. The summed E-state index contributed by atoms with van der Waals surface area (Å²) < 4.78 is 24.3. The Morgan fingerprint density at radius 2 is 2.43 bits per heavy atom. The molecule has 1 aliphatic heterocycles. The van der Waals surface area contributed by atoms with Crippen LogP contribution in [0.2, 0.25) is 0 Å². The summed E-state index contributed by atoms with van der Waals surface area (Å²) in [5.41, 5.74) is 0. The Hall–Kier alpha value is -0.490. The maximum Gasteiger partial charge on any atom is 0.167 e. The van der Waals surface area contributed by atoms with E-state index in [0.717, 1.165) is 11.6 Å². The molecule has 0 N–H and O–H groups in total. The second-order valence-corrected chi connectivity index (χ2v) is 6.96. The van der Waals surface area contributed by atoms with Crippen LogP contribution >= 0.6 is 11.8 Å². The average Bonchev–Trinajstić information content (AvgIpc) is 2.61. The number of rotatable bonds is 2. The molecule has 0 aliphatic carbocycles. The number of hydrogen-bond acceptors (Lipinski definition) is 4. The zero-order valence-electron chi connectivity index (χ0n) is 7.88. The van der Waals surface area contributed by atoms with Gasteiger partial charge in [-0.2, -0.15) is 0 Å². The standard InChI is InChI=1S/C8H12N2O2S2/c1-10-4-3-9-8(10)13-7-2-5-14(11,12)6-7/h3-4,7H,2,5-6H2,1H3/t7-/m1/s1. The molecule has 2 heterocycles. The summed E-state index contributed by atoms with van der Waals surface area (Å²) in [6.45, 7) is 0. The molecule has 0 unspecified atom stereocenters. The van der Waals surface area contributed by atoms with Crippen LogP contribution in [0.25, 0.3) is 0 Å². The smallest absolute Gasteiger partial charge is 0.167 e. The van der Waals surface area contributed by atoms with E-state index in [2.05, 4.69) is 4.98 Å². The molecule has 0 amide bonds. The van der Waals surface area contributed by atoms with Crippen molar-refractivity contribution in [3.63, 3.8) is 0 Å². The lowest BCUT2D eigenvalue weighted by Gasteiger charge is -2.05. The van der Waals surface area contributed by atoms with E-state index < -0.39 is 9.84 Å². The highest BCUT2D eigenvalue weighted by molar-refractivity contribution is 8.01. The lowest BCUT2D eigenvalue weighted by atomic mass is 10.4. The van der Waals surface area contributed by atoms with Gasteiger partial charge in [0.15, 0.2) is 15.0 Å². The van der Waals surface area contributed by atoms with Crippen LogP contribution in [0.1, 0.15) is 6.42 Å². The van der Waals surface area contributed by atoms with Crippen molar-refractivity contribution in [2.75, 3.05) is 11.5 Å². The number of nitrogens with zero attached hydrogens (tertiary/aromatic N) is 2. The molecular weight excluding hydrogens is 220 g/mol. The highest BCUT2D eigenvalue weighted by atomic mass is 32.2. The van der Waals surface area contributed by atoms with Crippen molar-refractivity contribution in [2.45, 2.75) is 16.8 Å². The molecule has 1 aromatic heterocycles. The molecule has 0 saturated carbocycles. The summed E-state index contributed by atoms with van der Waals surface area (Å²) in [5, 5.41) is 1.08. The van der Waals surface area contributed by atoms with Gasteiger partial charge >= 0.3 is 0 Å². The SMILES string of the molecule is Cn1ccnc1S[C@@H]1CCS(=O)(=O)C1. The Balaban J connectivity index is 2.04. The van der Waals surface area contributed by atoms with E-state index in [-0.39, 0.29) is 5.25 Å². The van der Waals surface area contributed by atoms with Crippen LogP contribution in [-0.2, 0) is 16.9 Å². The van der Waals surface area contributed by atoms with Crippen LogP contribution < -0.4 is 0 Å². The van der Waals surface area contributed by atoms with Gasteiger partial charge in [0, 0.05) is 24.7 Å². The Morgan fingerprint density at radius 1 is 1.64 bits per heavy atom. The number of thioether (sulfide) groups is 1. The summed E-state index contributed by atoms with van der Waals surface area (Å²) in [5.74, 6) is 0.625. The quantitative estimate of drug-likeness (QED) is 0.753. The monoisotopic (exact) mass is 232 g/mol. The van der Waals surface area contributed by atoms with Crippen LogP contribution in [0.15, 0.2) is 17.6 Å². The van der Waals surface area contributed by atoms with Crippen LogP contribution in [-0.4, -0.2) is 34.7 Å². The van der Waals surface area contributed by atoms with E-state index in [4.69, 9.17) is 0 Å². The second kappa shape index (κ2) is 3.58. The van der Waals surface area contributed by atoms with Gasteiger partial charge in [0.1, 0.15) is 0 Å². The summed E-state index contributed by atoms with van der Waals surface area (Å²) in [4.78, 5) is 4.16. The van der Waals surface area contributed by atoms with Crippen LogP contribution in [0.5, 0.6) is 0 Å². The Kier molecular flexibility index (Phi) is 2.57. The minimum Gasteiger partial charge on any atom is -0.329 e. The van der Waals surface area contributed by atoms with Gasteiger partial charge in [-0.1, -0.05) is 11.8 Å². The molecule has 1 saturated heterocycles. The van der Waals surface area contributed by atoms with Gasteiger partial charge < -0.3 is 4.57 Å². The fourth-order valence-corrected chi connectivity index (χ4v) is 4.94. The number of aryl methyl sites for hydroxylation is 1. The minimum absolute atomic E-state index is 0.182. The van der Waals surface area contributed by atoms with Crippen molar-refractivity contribution in [3.05, 3.63) is 12.4 Å². The molecule has 0 radical (unpaired) electrons. The van der Waals surface area contributed by atoms with Gasteiger partial charge in [-0.15, -0.1) is 0 Å². The van der Waals surface area contributed by atoms with Crippen LogP contribution in [0.4, 0.5) is 0 Å². The van der Waals surface area contributed by atoms with Crippen molar-refractivity contribution in [3.8, 4) is 0 Å². The van der Waals surface area contributed by atoms with Gasteiger partial charge in [0.2, 0.25) is 0 Å². The predicted octanol–water partition coefficient (Wildman–Crippen LogP) is 0.699. The van der Waals surface area contributed by atoms with E-state index >= 15 is 0 Å². The summed E-state index contributed by atoms with van der Waals surface area (Å²) in [6.07, 6.45) is 4.34. The molecule has 1 fully saturated rings. The zero-order chi connectivity index (χ0) is 10.2. The molecule has 78 valence electrons. The molecule has 1 atom stereocenters. The first-order valence-corrected chi connectivity index (χ1v) is 7.11. The molecule has 1 aromatic rings. The van der Waals surface area contributed by atoms with Crippen molar-refractivity contribution in [1.82, 2.24) is 9.55 Å². The molecular formula is C8H12N2O2S2. The third-order valence-corrected chi connectivity index (χ3v) is 5.56. The predicted molar refractivity (Wildman–Crippen MR) is 56.1 cm³/mol. The number of imidazole rings is 1. The lowest BCUT2D eigenvalue weighted by molar-refractivity contribution is 0.602.